The summed E-state index contributed by atoms with van der Waals surface area (Å²) in [4.78, 5) is 8.97. The third-order valence-corrected chi connectivity index (χ3v) is 4.55. The van der Waals surface area contributed by atoms with Gasteiger partial charge in [-0.15, -0.1) is 11.8 Å². The fraction of sp³-hybridized carbons (Fsp3) is 0.667. The van der Waals surface area contributed by atoms with Crippen LogP contribution in [0.3, 0.4) is 0 Å². The number of rotatable bonds is 4. The lowest BCUT2D eigenvalue weighted by atomic mass is 10.3. The minimum absolute atomic E-state index is 0.323. The molecule has 2 atom stereocenters. The van der Waals surface area contributed by atoms with E-state index >= 15 is 0 Å². The highest BCUT2D eigenvalue weighted by Gasteiger charge is 2.25. The number of halogens is 1. The Morgan fingerprint density at radius 3 is 3.00 bits per heavy atom. The van der Waals surface area contributed by atoms with E-state index < -0.39 is 0 Å². The average Bonchev–Trinajstić information content (AvgIpc) is 2.64. The van der Waals surface area contributed by atoms with Crippen LogP contribution in [0, 0.1) is 0 Å². The van der Waals surface area contributed by atoms with E-state index in [1.165, 1.54) is 0 Å². The highest BCUT2D eigenvalue weighted by Crippen LogP contribution is 2.32. The van der Waals surface area contributed by atoms with Gasteiger partial charge in [-0.2, -0.15) is 0 Å². The summed E-state index contributed by atoms with van der Waals surface area (Å²) in [7, 11) is 0. The average molecular weight is 317 g/mol. The van der Waals surface area contributed by atoms with Crippen LogP contribution in [0.5, 0.6) is 0 Å². The van der Waals surface area contributed by atoms with Gasteiger partial charge < -0.3 is 4.74 Å². The monoisotopic (exact) mass is 316 g/mol. The summed E-state index contributed by atoms with van der Waals surface area (Å²) in [5.74, 6) is 0.927. The van der Waals surface area contributed by atoms with E-state index in [-0.39, 0.29) is 0 Å². The maximum Gasteiger partial charge on any atom is 0.130 e. The van der Waals surface area contributed by atoms with Gasteiger partial charge in [0, 0.05) is 24.3 Å². The van der Waals surface area contributed by atoms with Gasteiger partial charge >= 0.3 is 0 Å². The molecule has 17 heavy (non-hydrogen) atoms. The molecule has 0 bridgehead atoms. The molecule has 2 rings (SSSR count). The minimum atomic E-state index is 0.323. The molecule has 1 aliphatic heterocycles. The van der Waals surface area contributed by atoms with Crippen LogP contribution in [0.1, 0.15) is 32.5 Å². The van der Waals surface area contributed by atoms with Crippen molar-refractivity contribution < 1.29 is 4.74 Å². The van der Waals surface area contributed by atoms with Gasteiger partial charge in [0.2, 0.25) is 0 Å². The molecule has 2 heterocycles. The van der Waals surface area contributed by atoms with Crippen LogP contribution in [0.15, 0.2) is 15.7 Å². The van der Waals surface area contributed by atoms with Crippen molar-refractivity contribution >= 4 is 27.7 Å². The first-order valence-electron chi connectivity index (χ1n) is 6.00. The highest BCUT2D eigenvalue weighted by atomic mass is 79.9. The summed E-state index contributed by atoms with van der Waals surface area (Å²) in [5, 5.41) is 1.57. The predicted octanol–water partition coefficient (Wildman–Crippen LogP) is 3.46. The largest absolute Gasteiger partial charge is 0.377 e. The molecule has 0 N–H and O–H groups in total. The standard InChI is InChI=1S/C12H17BrN2OS/c1-3-4-11-14-10(13)7-12(15-11)17-9-5-6-16-8(9)2/h7-9H,3-6H2,1-2H3. The highest BCUT2D eigenvalue weighted by molar-refractivity contribution is 9.10. The fourth-order valence-corrected chi connectivity index (χ4v) is 3.56. The Balaban J connectivity index is 2.09. The van der Waals surface area contributed by atoms with Gasteiger partial charge in [0.25, 0.3) is 0 Å². The quantitative estimate of drug-likeness (QED) is 0.797. The first-order valence-corrected chi connectivity index (χ1v) is 7.68. The molecule has 1 aromatic rings. The molecule has 0 spiro atoms. The van der Waals surface area contributed by atoms with Crippen molar-refractivity contribution in [2.45, 2.75) is 49.5 Å². The summed E-state index contributed by atoms with van der Waals surface area (Å²) >= 11 is 5.26. The molecule has 2 unspecified atom stereocenters. The molecule has 3 nitrogen and oxygen atoms in total. The van der Waals surface area contributed by atoms with Gasteiger partial charge in [-0.3, -0.25) is 0 Å². The second kappa shape index (κ2) is 6.16. The summed E-state index contributed by atoms with van der Waals surface area (Å²) in [5.41, 5.74) is 0. The molecular weight excluding hydrogens is 300 g/mol. The molecule has 0 aromatic carbocycles. The van der Waals surface area contributed by atoms with E-state index in [1.807, 2.05) is 17.8 Å². The number of ether oxygens (including phenoxy) is 1. The number of nitrogens with zero attached hydrogens (tertiary/aromatic N) is 2. The van der Waals surface area contributed by atoms with Crippen LogP contribution < -0.4 is 0 Å². The van der Waals surface area contributed by atoms with Gasteiger partial charge in [-0.05, 0) is 35.7 Å². The van der Waals surface area contributed by atoms with Crippen LogP contribution in [0.25, 0.3) is 0 Å². The van der Waals surface area contributed by atoms with Crippen molar-refractivity contribution in [2.75, 3.05) is 6.61 Å². The summed E-state index contributed by atoms with van der Waals surface area (Å²) in [6, 6.07) is 1.99. The SMILES string of the molecule is CCCc1nc(Br)cc(SC2CCOC2C)n1. The zero-order valence-corrected chi connectivity index (χ0v) is 12.6. The van der Waals surface area contributed by atoms with E-state index in [9.17, 15) is 0 Å². The first-order chi connectivity index (χ1) is 8.19. The summed E-state index contributed by atoms with van der Waals surface area (Å²) < 4.78 is 6.45. The Labute approximate surface area is 115 Å². The van der Waals surface area contributed by atoms with E-state index in [1.54, 1.807) is 0 Å². The van der Waals surface area contributed by atoms with Crippen molar-refractivity contribution in [1.29, 1.82) is 0 Å². The molecular formula is C12H17BrN2OS. The molecule has 1 aromatic heterocycles. The Morgan fingerprint density at radius 2 is 2.35 bits per heavy atom. The van der Waals surface area contributed by atoms with E-state index in [4.69, 9.17) is 4.74 Å². The van der Waals surface area contributed by atoms with Crippen LogP contribution in [0.4, 0.5) is 0 Å². The third kappa shape index (κ3) is 3.66. The Bertz CT molecular complexity index is 389. The van der Waals surface area contributed by atoms with Crippen molar-refractivity contribution in [3.8, 4) is 0 Å². The van der Waals surface area contributed by atoms with Gasteiger partial charge in [0.05, 0.1) is 6.10 Å². The molecule has 0 saturated carbocycles. The molecule has 0 amide bonds. The lowest BCUT2D eigenvalue weighted by Gasteiger charge is -2.13. The first kappa shape index (κ1) is 13.3. The Hall–Kier alpha value is -0.130. The van der Waals surface area contributed by atoms with E-state index in [0.717, 1.165) is 41.3 Å². The van der Waals surface area contributed by atoms with Gasteiger partial charge in [0.15, 0.2) is 0 Å². The van der Waals surface area contributed by atoms with Gasteiger partial charge in [-0.25, -0.2) is 9.97 Å². The minimum Gasteiger partial charge on any atom is -0.377 e. The Kier molecular flexibility index (Phi) is 4.82. The zero-order valence-electron chi connectivity index (χ0n) is 10.1. The third-order valence-electron chi connectivity index (χ3n) is 2.77. The van der Waals surface area contributed by atoms with Crippen molar-refractivity contribution in [2.24, 2.45) is 0 Å². The van der Waals surface area contributed by atoms with Crippen molar-refractivity contribution in [1.82, 2.24) is 9.97 Å². The topological polar surface area (TPSA) is 35.0 Å². The number of aryl methyl sites for hydroxylation is 1. The maximum atomic E-state index is 5.57. The molecule has 1 fully saturated rings. The fourth-order valence-electron chi connectivity index (χ4n) is 1.86. The van der Waals surface area contributed by atoms with Crippen molar-refractivity contribution in [3.63, 3.8) is 0 Å². The second-order valence-corrected chi connectivity index (χ2v) is 6.29. The lowest BCUT2D eigenvalue weighted by Crippen LogP contribution is -2.13. The number of aromatic nitrogens is 2. The zero-order chi connectivity index (χ0) is 12.3. The second-order valence-electron chi connectivity index (χ2n) is 4.22. The maximum absolute atomic E-state index is 5.57. The normalized spacial score (nSPS) is 24.2. The van der Waals surface area contributed by atoms with Crippen molar-refractivity contribution in [3.05, 3.63) is 16.5 Å². The van der Waals surface area contributed by atoms with Crippen LogP contribution in [-0.2, 0) is 11.2 Å². The molecule has 1 aliphatic rings. The smallest absolute Gasteiger partial charge is 0.130 e. The van der Waals surface area contributed by atoms with Gasteiger partial charge in [0.1, 0.15) is 15.5 Å². The lowest BCUT2D eigenvalue weighted by molar-refractivity contribution is 0.127. The molecule has 0 radical (unpaired) electrons. The molecule has 1 saturated heterocycles. The predicted molar refractivity (Wildman–Crippen MR) is 73.4 cm³/mol. The summed E-state index contributed by atoms with van der Waals surface area (Å²) in [6.07, 6.45) is 3.44. The van der Waals surface area contributed by atoms with Crippen LogP contribution in [0.2, 0.25) is 0 Å². The molecule has 94 valence electrons. The molecule has 5 heteroatoms. The Morgan fingerprint density at radius 1 is 1.53 bits per heavy atom. The number of hydrogen-bond acceptors (Lipinski definition) is 4. The van der Waals surface area contributed by atoms with Crippen LogP contribution in [-0.4, -0.2) is 27.9 Å². The van der Waals surface area contributed by atoms with E-state index in [2.05, 4.69) is 39.7 Å². The number of thioether (sulfide) groups is 1. The van der Waals surface area contributed by atoms with E-state index in [0.29, 0.717) is 11.4 Å². The molecule has 0 aliphatic carbocycles. The van der Waals surface area contributed by atoms with Gasteiger partial charge in [-0.1, -0.05) is 6.92 Å². The summed E-state index contributed by atoms with van der Waals surface area (Å²) in [6.45, 7) is 5.14. The number of hydrogen-bond donors (Lipinski definition) is 0. The van der Waals surface area contributed by atoms with Crippen LogP contribution >= 0.6 is 27.7 Å².